The third-order valence-electron chi connectivity index (χ3n) is 4.11. The highest BCUT2D eigenvalue weighted by Gasteiger charge is 2.24. The van der Waals surface area contributed by atoms with E-state index in [-0.39, 0.29) is 30.6 Å². The van der Waals surface area contributed by atoms with Crippen molar-refractivity contribution in [1.29, 1.82) is 0 Å². The second kappa shape index (κ2) is 8.98. The largest absolute Gasteiger partial charge is 0.389 e. The van der Waals surface area contributed by atoms with Gasteiger partial charge in [-0.15, -0.1) is 11.8 Å². The van der Waals surface area contributed by atoms with Crippen LogP contribution in [0.25, 0.3) is 0 Å². The summed E-state index contributed by atoms with van der Waals surface area (Å²) in [6.45, 7) is 1.34. The maximum Gasteiger partial charge on any atom is 0.255 e. The van der Waals surface area contributed by atoms with Gasteiger partial charge in [0.2, 0.25) is 0 Å². The maximum absolute atomic E-state index is 12.9. The molecule has 0 aliphatic carbocycles. The zero-order chi connectivity index (χ0) is 18.4. The van der Waals surface area contributed by atoms with E-state index in [0.717, 1.165) is 4.90 Å². The van der Waals surface area contributed by atoms with Crippen molar-refractivity contribution in [3.05, 3.63) is 65.7 Å². The molecule has 3 rings (SSSR count). The number of nitrogens with zero attached hydrogens (tertiary/aromatic N) is 1. The third kappa shape index (κ3) is 4.72. The van der Waals surface area contributed by atoms with Gasteiger partial charge in [-0.2, -0.15) is 0 Å². The zero-order valence-electron chi connectivity index (χ0n) is 14.3. The van der Waals surface area contributed by atoms with Crippen LogP contribution >= 0.6 is 11.8 Å². The van der Waals surface area contributed by atoms with Crippen LogP contribution in [-0.2, 0) is 4.74 Å². The number of hydrogen-bond donors (Lipinski definition) is 1. The Morgan fingerprint density at radius 3 is 2.65 bits per heavy atom. The number of ketones is 1. The standard InChI is InChI=1S/C20H21NO4S/c22-16-12-21(10-11-25-13-16)20(24)17-8-4-5-9-19(17)26-14-18(23)15-6-2-1-3-7-15/h1-9,16,22H,10-14H2/t16-/m1/s1. The molecule has 1 aliphatic rings. The number of carbonyl (C=O) groups is 2. The lowest BCUT2D eigenvalue weighted by Gasteiger charge is -2.22. The molecule has 136 valence electrons. The van der Waals surface area contributed by atoms with E-state index in [1.54, 1.807) is 29.2 Å². The second-order valence-corrected chi connectivity index (χ2v) is 7.07. The van der Waals surface area contributed by atoms with Crippen molar-refractivity contribution in [3.63, 3.8) is 0 Å². The predicted octanol–water partition coefficient (Wildman–Crippen LogP) is 2.49. The van der Waals surface area contributed by atoms with Gasteiger partial charge in [-0.25, -0.2) is 0 Å². The summed E-state index contributed by atoms with van der Waals surface area (Å²) < 4.78 is 5.29. The van der Waals surface area contributed by atoms with Gasteiger partial charge in [0.25, 0.3) is 5.91 Å². The normalized spacial score (nSPS) is 17.6. The quantitative estimate of drug-likeness (QED) is 0.646. The number of β-amino-alcohol motifs (C(OH)–C–C–N with tert-alkyl or cyclic N) is 1. The highest BCUT2D eigenvalue weighted by molar-refractivity contribution is 8.00. The molecule has 5 nitrogen and oxygen atoms in total. The molecule has 0 spiro atoms. The van der Waals surface area contributed by atoms with Crippen molar-refractivity contribution in [2.45, 2.75) is 11.0 Å². The van der Waals surface area contributed by atoms with Gasteiger partial charge in [-0.1, -0.05) is 42.5 Å². The number of amides is 1. The molecular formula is C20H21NO4S. The van der Waals surface area contributed by atoms with Crippen molar-refractivity contribution in [2.24, 2.45) is 0 Å². The average Bonchev–Trinajstić information content (AvgIpc) is 2.91. The van der Waals surface area contributed by atoms with Gasteiger partial charge in [-0.05, 0) is 12.1 Å². The molecule has 1 atom stereocenters. The number of aliphatic hydroxyl groups excluding tert-OH is 1. The summed E-state index contributed by atoms with van der Waals surface area (Å²) in [6, 6.07) is 16.4. The van der Waals surface area contributed by atoms with Crippen LogP contribution in [0.15, 0.2) is 59.5 Å². The van der Waals surface area contributed by atoms with E-state index in [9.17, 15) is 14.7 Å². The summed E-state index contributed by atoms with van der Waals surface area (Å²) >= 11 is 1.36. The van der Waals surface area contributed by atoms with Crippen LogP contribution in [0.4, 0.5) is 0 Å². The highest BCUT2D eigenvalue weighted by atomic mass is 32.2. The molecule has 0 aromatic heterocycles. The van der Waals surface area contributed by atoms with Crippen molar-refractivity contribution in [2.75, 3.05) is 32.1 Å². The third-order valence-corrected chi connectivity index (χ3v) is 5.18. The minimum atomic E-state index is -0.680. The molecule has 2 aromatic rings. The average molecular weight is 371 g/mol. The minimum Gasteiger partial charge on any atom is -0.389 e. The SMILES string of the molecule is O=C(CSc1ccccc1C(=O)N1CCOC[C@H](O)C1)c1ccccc1. The number of thioether (sulfide) groups is 1. The molecule has 1 N–H and O–H groups in total. The fourth-order valence-electron chi connectivity index (χ4n) is 2.77. The van der Waals surface area contributed by atoms with Crippen molar-refractivity contribution < 1.29 is 19.4 Å². The van der Waals surface area contributed by atoms with Crippen LogP contribution in [-0.4, -0.2) is 59.9 Å². The molecule has 0 radical (unpaired) electrons. The Morgan fingerprint density at radius 1 is 1.12 bits per heavy atom. The first-order valence-corrected chi connectivity index (χ1v) is 9.49. The van der Waals surface area contributed by atoms with Crippen LogP contribution in [0.3, 0.4) is 0 Å². The van der Waals surface area contributed by atoms with Crippen molar-refractivity contribution >= 4 is 23.5 Å². The number of ether oxygens (including phenoxy) is 1. The van der Waals surface area contributed by atoms with Crippen molar-refractivity contribution in [3.8, 4) is 0 Å². The van der Waals surface area contributed by atoms with Gasteiger partial charge in [0.15, 0.2) is 5.78 Å². The Kier molecular flexibility index (Phi) is 6.44. The smallest absolute Gasteiger partial charge is 0.255 e. The zero-order valence-corrected chi connectivity index (χ0v) is 15.2. The molecule has 0 unspecified atom stereocenters. The minimum absolute atomic E-state index is 0.0245. The summed E-state index contributed by atoms with van der Waals surface area (Å²) in [6.07, 6.45) is -0.680. The second-order valence-electron chi connectivity index (χ2n) is 6.05. The van der Waals surface area contributed by atoms with E-state index in [0.29, 0.717) is 24.3 Å². The Labute approximate surface area is 157 Å². The lowest BCUT2D eigenvalue weighted by atomic mass is 10.1. The monoisotopic (exact) mass is 371 g/mol. The van der Waals surface area contributed by atoms with Gasteiger partial charge in [0, 0.05) is 23.5 Å². The van der Waals surface area contributed by atoms with Crippen LogP contribution in [0.5, 0.6) is 0 Å². The van der Waals surface area contributed by atoms with Gasteiger partial charge >= 0.3 is 0 Å². The highest BCUT2D eigenvalue weighted by Crippen LogP contribution is 2.25. The summed E-state index contributed by atoms with van der Waals surface area (Å²) in [5.74, 6) is 0.140. The number of carbonyl (C=O) groups excluding carboxylic acids is 2. The van der Waals surface area contributed by atoms with E-state index in [1.165, 1.54) is 11.8 Å². The molecule has 1 amide bonds. The number of hydrogen-bond acceptors (Lipinski definition) is 5. The summed E-state index contributed by atoms with van der Waals surface area (Å²) in [5, 5.41) is 9.86. The first-order chi connectivity index (χ1) is 12.6. The lowest BCUT2D eigenvalue weighted by molar-refractivity contribution is 0.0533. The molecular weight excluding hydrogens is 350 g/mol. The molecule has 1 heterocycles. The van der Waals surface area contributed by atoms with E-state index >= 15 is 0 Å². The van der Waals surface area contributed by atoms with Gasteiger partial charge in [0.05, 0.1) is 30.6 Å². The van der Waals surface area contributed by atoms with E-state index in [4.69, 9.17) is 4.74 Å². The van der Waals surface area contributed by atoms with Crippen LogP contribution in [0.1, 0.15) is 20.7 Å². The maximum atomic E-state index is 12.9. The summed E-state index contributed by atoms with van der Waals surface area (Å²) in [5.41, 5.74) is 1.21. The molecule has 0 bridgehead atoms. The molecule has 0 saturated carbocycles. The Bertz CT molecular complexity index is 765. The Morgan fingerprint density at radius 2 is 1.85 bits per heavy atom. The molecule has 6 heteroatoms. The van der Waals surface area contributed by atoms with E-state index < -0.39 is 6.10 Å². The fourth-order valence-corrected chi connectivity index (χ4v) is 3.71. The molecule has 26 heavy (non-hydrogen) atoms. The molecule has 1 saturated heterocycles. The molecule has 1 aliphatic heterocycles. The predicted molar refractivity (Wildman–Crippen MR) is 101 cm³/mol. The Balaban J connectivity index is 1.71. The first-order valence-electron chi connectivity index (χ1n) is 8.50. The van der Waals surface area contributed by atoms with E-state index in [1.807, 2.05) is 30.3 Å². The van der Waals surface area contributed by atoms with Gasteiger partial charge in [0.1, 0.15) is 0 Å². The Hall–Kier alpha value is -2.15. The number of aliphatic hydroxyl groups is 1. The van der Waals surface area contributed by atoms with Crippen molar-refractivity contribution in [1.82, 2.24) is 4.90 Å². The molecule has 2 aromatic carbocycles. The van der Waals surface area contributed by atoms with Crippen LogP contribution in [0, 0.1) is 0 Å². The summed E-state index contributed by atoms with van der Waals surface area (Å²) in [7, 11) is 0. The van der Waals surface area contributed by atoms with Crippen LogP contribution in [0.2, 0.25) is 0 Å². The van der Waals surface area contributed by atoms with Crippen LogP contribution < -0.4 is 0 Å². The van der Waals surface area contributed by atoms with E-state index in [2.05, 4.69) is 0 Å². The molecule has 1 fully saturated rings. The summed E-state index contributed by atoms with van der Waals surface area (Å²) in [4.78, 5) is 27.6. The first kappa shape index (κ1) is 18.6. The topological polar surface area (TPSA) is 66.8 Å². The lowest BCUT2D eigenvalue weighted by Crippen LogP contribution is -2.38. The number of Topliss-reactive ketones (excluding diaryl/α,β-unsaturated/α-hetero) is 1. The number of benzene rings is 2. The fraction of sp³-hybridized carbons (Fsp3) is 0.300. The van der Waals surface area contributed by atoms with Gasteiger partial charge < -0.3 is 14.7 Å². The number of rotatable bonds is 5. The van der Waals surface area contributed by atoms with Gasteiger partial charge in [-0.3, -0.25) is 9.59 Å².